The number of nitrogens with zero attached hydrogens (tertiary/aromatic N) is 1. The second-order valence-corrected chi connectivity index (χ2v) is 10.4. The van der Waals surface area contributed by atoms with Crippen LogP contribution in [0.3, 0.4) is 0 Å². The number of alkyl halides is 3. The van der Waals surface area contributed by atoms with Gasteiger partial charge in [-0.2, -0.15) is 13.2 Å². The summed E-state index contributed by atoms with van der Waals surface area (Å²) in [7, 11) is -2.00. The van der Waals surface area contributed by atoms with Gasteiger partial charge in [0, 0.05) is 34.3 Å². The van der Waals surface area contributed by atoms with Crippen molar-refractivity contribution in [1.29, 1.82) is 0 Å². The smallest absolute Gasteiger partial charge is 0.416 e. The number of carbonyl (C=O) groups excluding carboxylic acids is 3. The molecule has 1 saturated carbocycles. The van der Waals surface area contributed by atoms with Crippen LogP contribution in [0.2, 0.25) is 0 Å². The Kier molecular flexibility index (Phi) is 8.55. The van der Waals surface area contributed by atoms with E-state index in [0.717, 1.165) is 48.8 Å². The number of halogens is 3. The topological polar surface area (TPSA) is 114 Å². The molecule has 0 aromatic heterocycles. The molecule has 2 aromatic carbocycles. The van der Waals surface area contributed by atoms with Gasteiger partial charge in [-0.15, -0.1) is 0 Å². The minimum Gasteiger partial charge on any atom is -0.454 e. The summed E-state index contributed by atoms with van der Waals surface area (Å²) in [6, 6.07) is 8.65. The molecule has 0 spiro atoms. The molecule has 1 heterocycles. The Hall–Kier alpha value is -3.61. The molecule has 0 radical (unpaired) electrons. The molecule has 4 rings (SSSR count). The van der Waals surface area contributed by atoms with Crippen LogP contribution in [0.1, 0.15) is 31.2 Å². The number of nitrogens with one attached hydrogen (secondary N) is 2. The number of amides is 3. The molecule has 1 atom stereocenters. The summed E-state index contributed by atoms with van der Waals surface area (Å²) >= 11 is 0. The molecular weight excluding hydrogens is 527 g/mol. The number of fused-ring (bicyclic) bond motifs is 1. The lowest BCUT2D eigenvalue weighted by molar-refractivity contribution is -0.137. The van der Waals surface area contributed by atoms with Gasteiger partial charge in [-0.1, -0.05) is 18.9 Å². The van der Waals surface area contributed by atoms with Crippen LogP contribution < -0.4 is 25.0 Å². The summed E-state index contributed by atoms with van der Waals surface area (Å²) in [5.74, 6) is -2.27. The van der Waals surface area contributed by atoms with Gasteiger partial charge in [-0.25, -0.2) is 0 Å². The summed E-state index contributed by atoms with van der Waals surface area (Å²) in [4.78, 5) is 38.9. The summed E-state index contributed by atoms with van der Waals surface area (Å²) in [6.07, 6.45) is -1.19. The maximum absolute atomic E-state index is 13.3. The SMILES string of the molecule is O=C(CS(=O)CC(=O)N(CC(=O)NC1CCCC1)c1cccc(C(F)(F)F)c1)Nc1ccc2c(c1)OCO2. The fourth-order valence-electron chi connectivity index (χ4n) is 4.24. The third-order valence-electron chi connectivity index (χ3n) is 6.04. The summed E-state index contributed by atoms with van der Waals surface area (Å²) in [5.41, 5.74) is -0.779. The minimum absolute atomic E-state index is 0.0555. The highest BCUT2D eigenvalue weighted by Crippen LogP contribution is 2.34. The molecule has 0 saturated heterocycles. The second-order valence-electron chi connectivity index (χ2n) is 8.92. The Labute approximate surface area is 219 Å². The average Bonchev–Trinajstić information content (AvgIpc) is 3.53. The van der Waals surface area contributed by atoms with Crippen molar-refractivity contribution in [2.45, 2.75) is 37.9 Å². The number of hydrogen-bond acceptors (Lipinski definition) is 6. The predicted molar refractivity (Wildman–Crippen MR) is 133 cm³/mol. The van der Waals surface area contributed by atoms with Crippen molar-refractivity contribution >= 4 is 39.9 Å². The van der Waals surface area contributed by atoms with E-state index in [1.165, 1.54) is 12.1 Å². The first-order chi connectivity index (χ1) is 18.1. The van der Waals surface area contributed by atoms with Crippen molar-refractivity contribution in [2.75, 3.05) is 35.1 Å². The van der Waals surface area contributed by atoms with E-state index < -0.39 is 58.3 Å². The van der Waals surface area contributed by atoms with Crippen LogP contribution >= 0.6 is 0 Å². The zero-order valence-electron chi connectivity index (χ0n) is 20.2. The summed E-state index contributed by atoms with van der Waals surface area (Å²) < 4.78 is 62.9. The van der Waals surface area contributed by atoms with Gasteiger partial charge >= 0.3 is 6.18 Å². The molecule has 1 aliphatic heterocycles. The highest BCUT2D eigenvalue weighted by molar-refractivity contribution is 7.86. The van der Waals surface area contributed by atoms with Gasteiger partial charge in [-0.3, -0.25) is 18.6 Å². The van der Waals surface area contributed by atoms with Gasteiger partial charge in [0.1, 0.15) is 18.1 Å². The third kappa shape index (κ3) is 7.24. The summed E-state index contributed by atoms with van der Waals surface area (Å²) in [5, 5.41) is 5.35. The predicted octanol–water partition coefficient (Wildman–Crippen LogP) is 3.21. The van der Waals surface area contributed by atoms with Crippen LogP contribution in [0.5, 0.6) is 11.5 Å². The van der Waals surface area contributed by atoms with Crippen molar-refractivity contribution in [2.24, 2.45) is 0 Å². The van der Waals surface area contributed by atoms with Crippen molar-refractivity contribution in [3.63, 3.8) is 0 Å². The largest absolute Gasteiger partial charge is 0.454 e. The van der Waals surface area contributed by atoms with Crippen LogP contribution in [0.4, 0.5) is 24.5 Å². The van der Waals surface area contributed by atoms with Crippen LogP contribution in [-0.4, -0.2) is 52.8 Å². The Morgan fingerprint density at radius 2 is 1.71 bits per heavy atom. The molecule has 3 amide bonds. The molecule has 1 fully saturated rings. The van der Waals surface area contributed by atoms with Gasteiger partial charge < -0.3 is 25.0 Å². The van der Waals surface area contributed by atoms with Gasteiger partial charge in [0.25, 0.3) is 0 Å². The number of anilines is 2. The monoisotopic (exact) mass is 553 g/mol. The maximum Gasteiger partial charge on any atom is 0.416 e. The lowest BCUT2D eigenvalue weighted by Crippen LogP contribution is -2.45. The molecule has 13 heteroatoms. The quantitative estimate of drug-likeness (QED) is 0.493. The van der Waals surface area contributed by atoms with Crippen LogP contribution in [-0.2, 0) is 31.4 Å². The molecule has 2 aromatic rings. The zero-order chi connectivity index (χ0) is 27.3. The number of hydrogen-bond donors (Lipinski definition) is 2. The normalized spacial score (nSPS) is 15.7. The fourth-order valence-corrected chi connectivity index (χ4v) is 5.14. The first kappa shape index (κ1) is 27.4. The lowest BCUT2D eigenvalue weighted by atomic mass is 10.1. The number of ether oxygens (including phenoxy) is 2. The molecule has 9 nitrogen and oxygen atoms in total. The average molecular weight is 554 g/mol. The molecule has 1 unspecified atom stereocenters. The molecule has 2 N–H and O–H groups in total. The number of rotatable bonds is 9. The van der Waals surface area contributed by atoms with Gasteiger partial charge in [-0.05, 0) is 43.2 Å². The second kappa shape index (κ2) is 11.8. The first-order valence-corrected chi connectivity index (χ1v) is 13.4. The highest BCUT2D eigenvalue weighted by atomic mass is 32.2. The lowest BCUT2D eigenvalue weighted by Gasteiger charge is -2.24. The molecule has 2 aliphatic rings. The summed E-state index contributed by atoms with van der Waals surface area (Å²) in [6.45, 7) is -0.489. The highest BCUT2D eigenvalue weighted by Gasteiger charge is 2.32. The minimum atomic E-state index is -4.66. The fraction of sp³-hybridized carbons (Fsp3) is 0.400. The van der Waals surface area contributed by atoms with Crippen LogP contribution in [0.15, 0.2) is 42.5 Å². The van der Waals surface area contributed by atoms with Crippen molar-refractivity contribution in [3.05, 3.63) is 48.0 Å². The molecule has 1 aliphatic carbocycles. The number of carbonyl (C=O) groups is 3. The van der Waals surface area contributed by atoms with Gasteiger partial charge in [0.05, 0.1) is 5.56 Å². The van der Waals surface area contributed by atoms with E-state index in [-0.39, 0.29) is 18.5 Å². The van der Waals surface area contributed by atoms with Crippen molar-refractivity contribution in [1.82, 2.24) is 5.32 Å². The van der Waals surface area contributed by atoms with E-state index in [2.05, 4.69) is 10.6 Å². The number of benzene rings is 2. The Bertz CT molecular complexity index is 1230. The van der Waals surface area contributed by atoms with E-state index in [9.17, 15) is 31.8 Å². The third-order valence-corrected chi connectivity index (χ3v) is 7.19. The molecule has 0 bridgehead atoms. The van der Waals surface area contributed by atoms with Crippen molar-refractivity contribution in [3.8, 4) is 11.5 Å². The van der Waals surface area contributed by atoms with E-state index in [0.29, 0.717) is 17.2 Å². The van der Waals surface area contributed by atoms with Gasteiger partial charge in [0.2, 0.25) is 24.5 Å². The standard InChI is InChI=1S/C25H26F3N3O6S/c26-25(27,28)16-4-3-7-19(10-16)31(12-22(32)29-17-5-1-2-6-17)24(34)14-38(35)13-23(33)30-18-8-9-20-21(11-18)37-15-36-20/h3-4,7-11,17H,1-2,5-6,12-15H2,(H,29,32)(H,30,33). The Balaban J connectivity index is 1.42. The first-order valence-electron chi connectivity index (χ1n) is 11.9. The molecule has 204 valence electrons. The van der Waals surface area contributed by atoms with E-state index in [1.54, 1.807) is 12.1 Å². The van der Waals surface area contributed by atoms with Crippen LogP contribution in [0.25, 0.3) is 0 Å². The maximum atomic E-state index is 13.3. The van der Waals surface area contributed by atoms with E-state index in [4.69, 9.17) is 9.47 Å². The van der Waals surface area contributed by atoms with Crippen molar-refractivity contribution < 1.29 is 41.2 Å². The Morgan fingerprint density at radius 3 is 2.45 bits per heavy atom. The van der Waals surface area contributed by atoms with E-state index in [1.807, 2.05) is 0 Å². The Morgan fingerprint density at radius 1 is 0.974 bits per heavy atom. The van der Waals surface area contributed by atoms with E-state index >= 15 is 0 Å². The molecular formula is C25H26F3N3O6S. The van der Waals surface area contributed by atoms with Gasteiger partial charge in [0.15, 0.2) is 11.5 Å². The van der Waals surface area contributed by atoms with Crippen LogP contribution in [0, 0.1) is 0 Å². The molecule has 38 heavy (non-hydrogen) atoms. The zero-order valence-corrected chi connectivity index (χ0v) is 21.0.